The van der Waals surface area contributed by atoms with Gasteiger partial charge in [0.15, 0.2) is 0 Å². The van der Waals surface area contributed by atoms with E-state index in [2.05, 4.69) is 4.98 Å². The van der Waals surface area contributed by atoms with Gasteiger partial charge in [0.05, 0.1) is 11.3 Å². The molecule has 1 fully saturated rings. The van der Waals surface area contributed by atoms with Crippen molar-refractivity contribution < 1.29 is 22.4 Å². The van der Waals surface area contributed by atoms with Gasteiger partial charge in [0.1, 0.15) is 11.5 Å². The molecule has 1 aromatic heterocycles. The van der Waals surface area contributed by atoms with E-state index in [9.17, 15) is 22.4 Å². The third kappa shape index (κ3) is 3.81. The predicted octanol–water partition coefficient (Wildman–Crippen LogP) is 4.35. The van der Waals surface area contributed by atoms with Gasteiger partial charge in [0, 0.05) is 18.2 Å². The van der Waals surface area contributed by atoms with Crippen LogP contribution >= 0.6 is 0 Å². The van der Waals surface area contributed by atoms with Crippen molar-refractivity contribution in [2.75, 3.05) is 0 Å². The molecule has 0 saturated heterocycles. The molecule has 1 amide bonds. The Morgan fingerprint density at radius 1 is 1.20 bits per heavy atom. The molecule has 0 N–H and O–H groups in total. The highest BCUT2D eigenvalue weighted by Crippen LogP contribution is 2.32. The van der Waals surface area contributed by atoms with E-state index in [1.807, 2.05) is 0 Å². The van der Waals surface area contributed by atoms with Crippen molar-refractivity contribution in [3.8, 4) is 0 Å². The summed E-state index contributed by atoms with van der Waals surface area (Å²) in [6.45, 7) is 1.45. The summed E-state index contributed by atoms with van der Waals surface area (Å²) in [5.74, 6) is -0.840. The molecule has 3 rings (SSSR count). The molecule has 1 saturated carbocycles. The minimum absolute atomic E-state index is 0.0130. The maximum absolute atomic E-state index is 13.9. The zero-order valence-corrected chi connectivity index (χ0v) is 13.5. The number of rotatable bonds is 4. The van der Waals surface area contributed by atoms with Crippen molar-refractivity contribution >= 4 is 5.91 Å². The normalized spacial score (nSPS) is 14.4. The Morgan fingerprint density at radius 2 is 1.88 bits per heavy atom. The quantitative estimate of drug-likeness (QED) is 0.767. The lowest BCUT2D eigenvalue weighted by molar-refractivity contribution is -0.141. The number of pyridine rings is 1. The molecule has 25 heavy (non-hydrogen) atoms. The second-order valence-electron chi connectivity index (χ2n) is 6.08. The fourth-order valence-corrected chi connectivity index (χ4v) is 2.66. The van der Waals surface area contributed by atoms with E-state index in [0.29, 0.717) is 5.56 Å². The fourth-order valence-electron chi connectivity index (χ4n) is 2.66. The van der Waals surface area contributed by atoms with Crippen molar-refractivity contribution in [3.05, 3.63) is 64.7 Å². The average Bonchev–Trinajstić information content (AvgIpc) is 3.37. The van der Waals surface area contributed by atoms with E-state index in [1.54, 1.807) is 18.2 Å². The smallest absolute Gasteiger partial charge is 0.331 e. The van der Waals surface area contributed by atoms with E-state index in [4.69, 9.17) is 0 Å². The molecule has 1 aromatic carbocycles. The average molecular weight is 352 g/mol. The lowest BCUT2D eigenvalue weighted by Gasteiger charge is -2.23. The second kappa shape index (κ2) is 6.46. The van der Waals surface area contributed by atoms with Crippen LogP contribution in [0.2, 0.25) is 0 Å². The molecule has 0 spiro atoms. The van der Waals surface area contributed by atoms with Gasteiger partial charge in [-0.25, -0.2) is 9.37 Å². The number of aryl methyl sites for hydroxylation is 1. The molecule has 0 bridgehead atoms. The Morgan fingerprint density at radius 3 is 2.44 bits per heavy atom. The van der Waals surface area contributed by atoms with Crippen LogP contribution in [0.4, 0.5) is 17.6 Å². The van der Waals surface area contributed by atoms with E-state index in [-0.39, 0.29) is 23.8 Å². The first-order chi connectivity index (χ1) is 11.8. The van der Waals surface area contributed by atoms with Crippen LogP contribution in [0.5, 0.6) is 0 Å². The summed E-state index contributed by atoms with van der Waals surface area (Å²) in [5, 5.41) is 0. The largest absolute Gasteiger partial charge is 0.433 e. The summed E-state index contributed by atoms with van der Waals surface area (Å²) in [5.41, 5.74) is -0.538. The molecule has 132 valence electrons. The minimum atomic E-state index is -4.56. The maximum atomic E-state index is 13.9. The van der Waals surface area contributed by atoms with E-state index in [0.717, 1.165) is 25.0 Å². The molecule has 0 radical (unpaired) electrons. The third-order valence-corrected chi connectivity index (χ3v) is 4.15. The summed E-state index contributed by atoms with van der Waals surface area (Å²) in [7, 11) is 0. The molecule has 1 heterocycles. The number of hydrogen-bond acceptors (Lipinski definition) is 2. The zero-order valence-electron chi connectivity index (χ0n) is 13.5. The Hall–Kier alpha value is -2.44. The van der Waals surface area contributed by atoms with Gasteiger partial charge in [-0.05, 0) is 38.0 Å². The SMILES string of the molecule is Cc1nc(C(F)(F)F)ccc1C(=O)N(Cc1ccccc1F)C1CC1. The summed E-state index contributed by atoms with van der Waals surface area (Å²) in [6.07, 6.45) is -2.96. The Kier molecular flexibility index (Phi) is 4.49. The van der Waals surface area contributed by atoms with Crippen LogP contribution in [0.25, 0.3) is 0 Å². The zero-order chi connectivity index (χ0) is 18.2. The highest BCUT2D eigenvalue weighted by atomic mass is 19.4. The summed E-state index contributed by atoms with van der Waals surface area (Å²) >= 11 is 0. The fraction of sp³-hybridized carbons (Fsp3) is 0.333. The van der Waals surface area contributed by atoms with Crippen LogP contribution in [0.3, 0.4) is 0 Å². The molecular weight excluding hydrogens is 336 g/mol. The minimum Gasteiger partial charge on any atom is -0.331 e. The lowest BCUT2D eigenvalue weighted by Crippen LogP contribution is -2.33. The highest BCUT2D eigenvalue weighted by molar-refractivity contribution is 5.95. The molecule has 7 heteroatoms. The van der Waals surface area contributed by atoms with Crippen LogP contribution in [0, 0.1) is 12.7 Å². The summed E-state index contributed by atoms with van der Waals surface area (Å²) < 4.78 is 52.1. The number of amides is 1. The summed E-state index contributed by atoms with van der Waals surface area (Å²) in [4.78, 5) is 17.8. The van der Waals surface area contributed by atoms with Gasteiger partial charge >= 0.3 is 6.18 Å². The molecule has 1 aliphatic carbocycles. The number of carbonyl (C=O) groups is 1. The summed E-state index contributed by atoms with van der Waals surface area (Å²) in [6, 6.07) is 8.07. The highest BCUT2D eigenvalue weighted by Gasteiger charge is 2.36. The third-order valence-electron chi connectivity index (χ3n) is 4.15. The van der Waals surface area contributed by atoms with Crippen LogP contribution in [0.15, 0.2) is 36.4 Å². The van der Waals surface area contributed by atoms with E-state index < -0.39 is 23.6 Å². The van der Waals surface area contributed by atoms with Gasteiger partial charge in [-0.15, -0.1) is 0 Å². The monoisotopic (exact) mass is 352 g/mol. The number of alkyl halides is 3. The van der Waals surface area contributed by atoms with Gasteiger partial charge in [0.2, 0.25) is 0 Å². The molecule has 0 aliphatic heterocycles. The number of aromatic nitrogens is 1. The van der Waals surface area contributed by atoms with Crippen molar-refractivity contribution in [3.63, 3.8) is 0 Å². The van der Waals surface area contributed by atoms with Gasteiger partial charge in [0.25, 0.3) is 5.91 Å². The number of benzene rings is 1. The molecule has 1 aliphatic rings. The molecular formula is C18H16F4N2O. The topological polar surface area (TPSA) is 33.2 Å². The van der Waals surface area contributed by atoms with Gasteiger partial charge in [-0.3, -0.25) is 4.79 Å². The first kappa shape index (κ1) is 17.4. The molecule has 3 nitrogen and oxygen atoms in total. The molecule has 2 aromatic rings. The number of hydrogen-bond donors (Lipinski definition) is 0. The number of halogens is 4. The van der Waals surface area contributed by atoms with Gasteiger partial charge in [-0.2, -0.15) is 13.2 Å². The Bertz CT molecular complexity index is 800. The van der Waals surface area contributed by atoms with Crippen LogP contribution in [-0.2, 0) is 12.7 Å². The van der Waals surface area contributed by atoms with Crippen LogP contribution in [-0.4, -0.2) is 21.8 Å². The van der Waals surface area contributed by atoms with Gasteiger partial charge < -0.3 is 4.90 Å². The van der Waals surface area contributed by atoms with Crippen LogP contribution in [0.1, 0.15) is 40.2 Å². The Balaban J connectivity index is 1.88. The van der Waals surface area contributed by atoms with Crippen molar-refractivity contribution in [1.29, 1.82) is 0 Å². The van der Waals surface area contributed by atoms with Gasteiger partial charge in [-0.1, -0.05) is 18.2 Å². The first-order valence-electron chi connectivity index (χ1n) is 7.86. The standard InChI is InChI=1S/C18H16F4N2O/c1-11-14(8-9-16(23-11)18(20,21)22)17(25)24(13-6-7-13)10-12-4-2-3-5-15(12)19/h2-5,8-9,13H,6-7,10H2,1H3. The molecule has 0 unspecified atom stereocenters. The van der Waals surface area contributed by atoms with Crippen molar-refractivity contribution in [1.82, 2.24) is 9.88 Å². The first-order valence-corrected chi connectivity index (χ1v) is 7.86. The number of carbonyl (C=O) groups excluding carboxylic acids is 1. The van der Waals surface area contributed by atoms with Crippen LogP contribution < -0.4 is 0 Å². The maximum Gasteiger partial charge on any atom is 0.433 e. The van der Waals surface area contributed by atoms with E-state index >= 15 is 0 Å². The van der Waals surface area contributed by atoms with Crippen molar-refractivity contribution in [2.24, 2.45) is 0 Å². The van der Waals surface area contributed by atoms with E-state index in [1.165, 1.54) is 17.9 Å². The predicted molar refractivity (Wildman–Crippen MR) is 83.3 cm³/mol. The van der Waals surface area contributed by atoms with Crippen molar-refractivity contribution in [2.45, 2.75) is 38.5 Å². The molecule has 0 atom stereocenters. The lowest BCUT2D eigenvalue weighted by atomic mass is 10.1. The second-order valence-corrected chi connectivity index (χ2v) is 6.08. The Labute approximate surface area is 142 Å². The number of nitrogens with zero attached hydrogens (tertiary/aromatic N) is 2.